The maximum absolute atomic E-state index is 12.1. The van der Waals surface area contributed by atoms with Crippen LogP contribution < -0.4 is 5.32 Å². The first-order chi connectivity index (χ1) is 8.24. The van der Waals surface area contributed by atoms with Crippen LogP contribution in [0.4, 0.5) is 0 Å². The summed E-state index contributed by atoms with van der Waals surface area (Å²) in [7, 11) is 1.73. The molecule has 0 aromatic carbocycles. The molecule has 17 heavy (non-hydrogen) atoms. The van der Waals surface area contributed by atoms with E-state index in [-0.39, 0.29) is 18.1 Å². The van der Waals surface area contributed by atoms with E-state index in [0.717, 1.165) is 45.3 Å². The molecule has 1 saturated heterocycles. The van der Waals surface area contributed by atoms with E-state index >= 15 is 0 Å². The normalized spacial score (nSPS) is 24.6. The van der Waals surface area contributed by atoms with Crippen molar-refractivity contribution in [2.45, 2.75) is 58.2 Å². The molecule has 0 aliphatic carbocycles. The molecular weight excluding hydrogens is 216 g/mol. The Morgan fingerprint density at radius 2 is 2.00 bits per heavy atom. The summed E-state index contributed by atoms with van der Waals surface area (Å²) >= 11 is 0. The van der Waals surface area contributed by atoms with Gasteiger partial charge in [0.2, 0.25) is 5.91 Å². The second-order valence-electron chi connectivity index (χ2n) is 4.64. The van der Waals surface area contributed by atoms with Gasteiger partial charge in [-0.25, -0.2) is 0 Å². The van der Waals surface area contributed by atoms with E-state index in [1.807, 2.05) is 4.90 Å². The number of methoxy groups -OCH3 is 1. The van der Waals surface area contributed by atoms with Gasteiger partial charge in [0.25, 0.3) is 0 Å². The van der Waals surface area contributed by atoms with Gasteiger partial charge in [-0.15, -0.1) is 0 Å². The minimum Gasteiger partial charge on any atom is -0.385 e. The molecule has 0 radical (unpaired) electrons. The number of hydrogen-bond acceptors (Lipinski definition) is 3. The fraction of sp³-hybridized carbons (Fsp3) is 0.923. The second-order valence-corrected chi connectivity index (χ2v) is 4.64. The topological polar surface area (TPSA) is 41.6 Å². The van der Waals surface area contributed by atoms with Crippen molar-refractivity contribution in [3.63, 3.8) is 0 Å². The van der Waals surface area contributed by atoms with E-state index in [1.165, 1.54) is 0 Å². The Morgan fingerprint density at radius 3 is 2.59 bits per heavy atom. The van der Waals surface area contributed by atoms with Crippen LogP contribution in [0.5, 0.6) is 0 Å². The van der Waals surface area contributed by atoms with Gasteiger partial charge in [0, 0.05) is 20.3 Å². The van der Waals surface area contributed by atoms with E-state index in [2.05, 4.69) is 19.2 Å². The Labute approximate surface area is 105 Å². The van der Waals surface area contributed by atoms with E-state index in [0.29, 0.717) is 0 Å². The third-order valence-electron chi connectivity index (χ3n) is 3.39. The van der Waals surface area contributed by atoms with Gasteiger partial charge in [0.05, 0.1) is 12.2 Å². The second kappa shape index (κ2) is 7.67. The van der Waals surface area contributed by atoms with Crippen molar-refractivity contribution in [1.82, 2.24) is 10.2 Å². The van der Waals surface area contributed by atoms with Crippen molar-refractivity contribution in [2.24, 2.45) is 0 Å². The Balaban J connectivity index is 2.32. The standard InChI is InChI=1S/C13H26N2O2/c1-4-11-13(16)15(12(5-2)14-11)9-7-6-8-10-17-3/h11-12,14H,4-10H2,1-3H3. The highest BCUT2D eigenvalue weighted by atomic mass is 16.5. The van der Waals surface area contributed by atoms with Crippen molar-refractivity contribution < 1.29 is 9.53 Å². The van der Waals surface area contributed by atoms with Crippen LogP contribution in [0, 0.1) is 0 Å². The van der Waals surface area contributed by atoms with Gasteiger partial charge < -0.3 is 9.64 Å². The summed E-state index contributed by atoms with van der Waals surface area (Å²) < 4.78 is 5.02. The van der Waals surface area contributed by atoms with Crippen LogP contribution in [0.25, 0.3) is 0 Å². The molecule has 2 unspecified atom stereocenters. The zero-order chi connectivity index (χ0) is 12.7. The van der Waals surface area contributed by atoms with Gasteiger partial charge in [0.1, 0.15) is 0 Å². The van der Waals surface area contributed by atoms with E-state index in [1.54, 1.807) is 7.11 Å². The maximum atomic E-state index is 12.1. The molecule has 1 rings (SSSR count). The Bertz CT molecular complexity index is 233. The number of unbranched alkanes of at least 4 members (excludes halogenated alkanes) is 2. The lowest BCUT2D eigenvalue weighted by atomic mass is 10.2. The summed E-state index contributed by atoms with van der Waals surface area (Å²) in [5, 5.41) is 3.39. The minimum absolute atomic E-state index is 0.0407. The van der Waals surface area contributed by atoms with Gasteiger partial charge in [-0.3, -0.25) is 10.1 Å². The summed E-state index contributed by atoms with van der Waals surface area (Å²) in [6.45, 7) is 5.89. The third kappa shape index (κ3) is 3.96. The minimum atomic E-state index is 0.0407. The van der Waals surface area contributed by atoms with Crippen molar-refractivity contribution in [3.05, 3.63) is 0 Å². The molecule has 0 aromatic rings. The SMILES string of the molecule is CCC1NC(CC)N(CCCCCOC)C1=O. The largest absolute Gasteiger partial charge is 0.385 e. The molecule has 0 aromatic heterocycles. The molecular formula is C13H26N2O2. The molecule has 1 aliphatic rings. The number of nitrogens with zero attached hydrogens (tertiary/aromatic N) is 1. The van der Waals surface area contributed by atoms with Crippen molar-refractivity contribution in [1.29, 1.82) is 0 Å². The molecule has 4 nitrogen and oxygen atoms in total. The lowest BCUT2D eigenvalue weighted by molar-refractivity contribution is -0.130. The van der Waals surface area contributed by atoms with E-state index in [9.17, 15) is 4.79 Å². The first-order valence-corrected chi connectivity index (χ1v) is 6.80. The molecule has 2 atom stereocenters. The molecule has 1 amide bonds. The fourth-order valence-corrected chi connectivity index (χ4v) is 2.35. The first-order valence-electron chi connectivity index (χ1n) is 6.80. The number of nitrogens with one attached hydrogen (secondary N) is 1. The van der Waals surface area contributed by atoms with Gasteiger partial charge in [-0.2, -0.15) is 0 Å². The van der Waals surface area contributed by atoms with E-state index < -0.39 is 0 Å². The van der Waals surface area contributed by atoms with Crippen LogP contribution in [0.2, 0.25) is 0 Å². The van der Waals surface area contributed by atoms with Gasteiger partial charge in [0.15, 0.2) is 0 Å². The van der Waals surface area contributed by atoms with Crippen LogP contribution in [0.1, 0.15) is 46.0 Å². The van der Waals surface area contributed by atoms with Crippen LogP contribution in [0.15, 0.2) is 0 Å². The fourth-order valence-electron chi connectivity index (χ4n) is 2.35. The highest BCUT2D eigenvalue weighted by Gasteiger charge is 2.35. The third-order valence-corrected chi connectivity index (χ3v) is 3.39. The first kappa shape index (κ1) is 14.5. The lowest BCUT2D eigenvalue weighted by Crippen LogP contribution is -2.37. The molecule has 100 valence electrons. The number of amides is 1. The zero-order valence-electron chi connectivity index (χ0n) is 11.4. The van der Waals surface area contributed by atoms with Crippen LogP contribution in [-0.2, 0) is 9.53 Å². The number of hydrogen-bond donors (Lipinski definition) is 1. The average Bonchev–Trinajstić information content (AvgIpc) is 2.65. The van der Waals surface area contributed by atoms with E-state index in [4.69, 9.17) is 4.74 Å². The molecule has 1 fully saturated rings. The quantitative estimate of drug-likeness (QED) is 0.659. The van der Waals surface area contributed by atoms with Gasteiger partial charge >= 0.3 is 0 Å². The van der Waals surface area contributed by atoms with Gasteiger partial charge in [-0.05, 0) is 32.1 Å². The predicted octanol–water partition coefficient (Wildman–Crippen LogP) is 1.75. The molecule has 1 N–H and O–H groups in total. The number of carbonyl (C=O) groups is 1. The lowest BCUT2D eigenvalue weighted by Gasteiger charge is -2.22. The summed E-state index contributed by atoms with van der Waals surface area (Å²) in [6, 6.07) is 0.0407. The van der Waals surface area contributed by atoms with Crippen molar-refractivity contribution in [3.8, 4) is 0 Å². The van der Waals surface area contributed by atoms with Crippen LogP contribution in [0.3, 0.4) is 0 Å². The molecule has 1 heterocycles. The maximum Gasteiger partial charge on any atom is 0.241 e. The predicted molar refractivity (Wildman–Crippen MR) is 68.7 cm³/mol. The number of rotatable bonds is 8. The summed E-state index contributed by atoms with van der Waals surface area (Å²) in [6.07, 6.45) is 5.40. The summed E-state index contributed by atoms with van der Waals surface area (Å²) in [4.78, 5) is 14.1. The zero-order valence-corrected chi connectivity index (χ0v) is 11.4. The van der Waals surface area contributed by atoms with Crippen molar-refractivity contribution in [2.75, 3.05) is 20.3 Å². The highest BCUT2D eigenvalue weighted by Crippen LogP contribution is 2.16. The molecule has 1 aliphatic heterocycles. The Kier molecular flexibility index (Phi) is 6.52. The molecule has 4 heteroatoms. The van der Waals surface area contributed by atoms with Crippen LogP contribution >= 0.6 is 0 Å². The van der Waals surface area contributed by atoms with Crippen LogP contribution in [-0.4, -0.2) is 43.3 Å². The number of carbonyl (C=O) groups excluding carboxylic acids is 1. The molecule has 0 bridgehead atoms. The summed E-state index contributed by atoms with van der Waals surface area (Å²) in [5.74, 6) is 0.283. The average molecular weight is 242 g/mol. The Morgan fingerprint density at radius 1 is 1.24 bits per heavy atom. The number of ether oxygens (including phenoxy) is 1. The molecule has 0 saturated carbocycles. The van der Waals surface area contributed by atoms with Gasteiger partial charge in [-0.1, -0.05) is 13.8 Å². The molecule has 0 spiro atoms. The van der Waals surface area contributed by atoms with Crippen molar-refractivity contribution >= 4 is 5.91 Å². The smallest absolute Gasteiger partial charge is 0.241 e. The summed E-state index contributed by atoms with van der Waals surface area (Å²) in [5.41, 5.74) is 0. The monoisotopic (exact) mass is 242 g/mol. The Hall–Kier alpha value is -0.610. The highest BCUT2D eigenvalue weighted by molar-refractivity contribution is 5.84.